The van der Waals surface area contributed by atoms with E-state index in [2.05, 4.69) is 10.3 Å². The summed E-state index contributed by atoms with van der Waals surface area (Å²) in [5.41, 5.74) is 6.68. The number of pyridine rings is 1. The normalized spacial score (nSPS) is 19.5. The monoisotopic (exact) mass is 234 g/mol. The lowest BCUT2D eigenvalue weighted by molar-refractivity contribution is -0.125. The maximum atomic E-state index is 12.3. The number of hydrogen-bond acceptors (Lipinski definition) is 4. The highest BCUT2D eigenvalue weighted by molar-refractivity contribution is 6.00. The maximum absolute atomic E-state index is 12.3. The fourth-order valence-corrected chi connectivity index (χ4v) is 2.07. The summed E-state index contributed by atoms with van der Waals surface area (Å²) in [4.78, 5) is 18.3. The Morgan fingerprint density at radius 1 is 1.53 bits per heavy atom. The van der Waals surface area contributed by atoms with Crippen molar-refractivity contribution in [2.24, 2.45) is 0 Å². The van der Waals surface area contributed by atoms with Gasteiger partial charge in [0, 0.05) is 13.1 Å². The zero-order chi connectivity index (χ0) is 12.6. The van der Waals surface area contributed by atoms with Gasteiger partial charge in [-0.05, 0) is 32.4 Å². The average molecular weight is 234 g/mol. The van der Waals surface area contributed by atoms with Gasteiger partial charge in [-0.3, -0.25) is 9.69 Å². The van der Waals surface area contributed by atoms with Crippen molar-refractivity contribution in [2.45, 2.75) is 26.3 Å². The molecule has 1 aliphatic rings. The summed E-state index contributed by atoms with van der Waals surface area (Å²) in [7, 11) is 0. The Morgan fingerprint density at radius 2 is 2.24 bits per heavy atom. The van der Waals surface area contributed by atoms with Crippen LogP contribution in [0.15, 0.2) is 12.3 Å². The fraction of sp³-hybridized carbons (Fsp3) is 0.500. The Kier molecular flexibility index (Phi) is 2.79. The van der Waals surface area contributed by atoms with E-state index in [1.807, 2.05) is 26.8 Å². The molecule has 1 saturated heterocycles. The third-order valence-corrected chi connectivity index (χ3v) is 3.01. The van der Waals surface area contributed by atoms with Gasteiger partial charge in [-0.25, -0.2) is 4.98 Å². The van der Waals surface area contributed by atoms with Crippen molar-refractivity contribution in [1.82, 2.24) is 10.3 Å². The van der Waals surface area contributed by atoms with E-state index in [1.54, 1.807) is 11.1 Å². The molecule has 17 heavy (non-hydrogen) atoms. The molecule has 2 heterocycles. The van der Waals surface area contributed by atoms with Crippen LogP contribution in [0.3, 0.4) is 0 Å². The van der Waals surface area contributed by atoms with Crippen LogP contribution >= 0.6 is 0 Å². The van der Waals surface area contributed by atoms with Gasteiger partial charge in [0.2, 0.25) is 5.91 Å². The van der Waals surface area contributed by atoms with Gasteiger partial charge in [0.1, 0.15) is 5.82 Å². The summed E-state index contributed by atoms with van der Waals surface area (Å²) in [5.74, 6) is 0.753. The number of hydrogen-bond donors (Lipinski definition) is 2. The summed E-state index contributed by atoms with van der Waals surface area (Å²) in [6.45, 7) is 7.09. The third kappa shape index (κ3) is 2.10. The number of nitrogens with two attached hydrogens (primary N) is 1. The zero-order valence-corrected chi connectivity index (χ0v) is 10.4. The van der Waals surface area contributed by atoms with E-state index in [-0.39, 0.29) is 5.91 Å². The molecule has 3 N–H and O–H groups in total. The van der Waals surface area contributed by atoms with Crippen molar-refractivity contribution >= 4 is 17.4 Å². The summed E-state index contributed by atoms with van der Waals surface area (Å²) >= 11 is 0. The van der Waals surface area contributed by atoms with Crippen molar-refractivity contribution in [3.8, 4) is 0 Å². The molecule has 1 aromatic rings. The Bertz CT molecular complexity index is 456. The number of anilines is 2. The Morgan fingerprint density at radius 3 is 2.88 bits per heavy atom. The highest BCUT2D eigenvalue weighted by atomic mass is 16.2. The minimum Gasteiger partial charge on any atom is -0.397 e. The van der Waals surface area contributed by atoms with Gasteiger partial charge in [-0.2, -0.15) is 0 Å². The molecule has 0 radical (unpaired) electrons. The van der Waals surface area contributed by atoms with Crippen LogP contribution in [0.2, 0.25) is 0 Å². The van der Waals surface area contributed by atoms with Gasteiger partial charge in [-0.1, -0.05) is 0 Å². The second kappa shape index (κ2) is 4.00. The van der Waals surface area contributed by atoms with Gasteiger partial charge in [-0.15, -0.1) is 0 Å². The molecular weight excluding hydrogens is 216 g/mol. The van der Waals surface area contributed by atoms with Gasteiger partial charge in [0.05, 0.1) is 17.4 Å². The van der Waals surface area contributed by atoms with Crippen LogP contribution in [-0.2, 0) is 4.79 Å². The molecule has 92 valence electrons. The standard InChI is InChI=1S/C12H18N4O/c1-8-6-9(13)7-14-10(8)16-5-4-15-12(2,3)11(16)17/h6-7,15H,4-5,13H2,1-3H3. The number of nitrogens with one attached hydrogen (secondary N) is 1. The molecule has 1 aliphatic heterocycles. The molecule has 0 spiro atoms. The van der Waals surface area contributed by atoms with E-state index >= 15 is 0 Å². The van der Waals surface area contributed by atoms with Gasteiger partial charge < -0.3 is 11.1 Å². The van der Waals surface area contributed by atoms with Gasteiger partial charge >= 0.3 is 0 Å². The number of aromatic nitrogens is 1. The molecule has 0 aromatic carbocycles. The molecule has 1 amide bonds. The second-order valence-corrected chi connectivity index (χ2v) is 4.92. The van der Waals surface area contributed by atoms with Crippen molar-refractivity contribution in [1.29, 1.82) is 0 Å². The van der Waals surface area contributed by atoms with E-state index in [9.17, 15) is 4.79 Å². The van der Waals surface area contributed by atoms with Crippen molar-refractivity contribution < 1.29 is 4.79 Å². The molecule has 0 unspecified atom stereocenters. The quantitative estimate of drug-likeness (QED) is 0.750. The van der Waals surface area contributed by atoms with E-state index in [4.69, 9.17) is 5.73 Å². The Balaban J connectivity index is 2.36. The highest BCUT2D eigenvalue weighted by Gasteiger charge is 2.36. The lowest BCUT2D eigenvalue weighted by atomic mass is 10.0. The minimum absolute atomic E-state index is 0.0455. The SMILES string of the molecule is Cc1cc(N)cnc1N1CCNC(C)(C)C1=O. The van der Waals surface area contributed by atoms with Crippen LogP contribution < -0.4 is 16.0 Å². The molecule has 5 nitrogen and oxygen atoms in total. The molecule has 2 rings (SSSR count). The smallest absolute Gasteiger partial charge is 0.247 e. The van der Waals surface area contributed by atoms with E-state index in [0.29, 0.717) is 18.1 Å². The number of carbonyl (C=O) groups excluding carboxylic acids is 1. The largest absolute Gasteiger partial charge is 0.397 e. The lowest BCUT2D eigenvalue weighted by Crippen LogP contribution is -2.61. The topological polar surface area (TPSA) is 71.2 Å². The Labute approximate surface area is 101 Å². The predicted molar refractivity (Wildman–Crippen MR) is 67.8 cm³/mol. The van der Waals surface area contributed by atoms with E-state index in [0.717, 1.165) is 12.1 Å². The molecule has 0 bridgehead atoms. The average Bonchev–Trinajstić information content (AvgIpc) is 2.23. The van der Waals surface area contributed by atoms with Crippen LogP contribution in [0.4, 0.5) is 11.5 Å². The van der Waals surface area contributed by atoms with Gasteiger partial charge in [0.25, 0.3) is 0 Å². The second-order valence-electron chi connectivity index (χ2n) is 4.92. The van der Waals surface area contributed by atoms with E-state index < -0.39 is 5.54 Å². The van der Waals surface area contributed by atoms with Crippen LogP contribution in [0.25, 0.3) is 0 Å². The highest BCUT2D eigenvalue weighted by Crippen LogP contribution is 2.23. The van der Waals surface area contributed by atoms with Crippen molar-refractivity contribution in [2.75, 3.05) is 23.7 Å². The number of carbonyl (C=O) groups is 1. The van der Waals surface area contributed by atoms with Crippen molar-refractivity contribution in [3.63, 3.8) is 0 Å². The number of nitrogen functional groups attached to an aromatic ring is 1. The van der Waals surface area contributed by atoms with Crippen LogP contribution in [0, 0.1) is 6.92 Å². The first-order chi connectivity index (χ1) is 7.92. The first-order valence-corrected chi connectivity index (χ1v) is 5.71. The number of amides is 1. The molecule has 0 aliphatic carbocycles. The molecule has 0 atom stereocenters. The number of aryl methyl sites for hydroxylation is 1. The van der Waals surface area contributed by atoms with Gasteiger partial charge in [0.15, 0.2) is 0 Å². The first kappa shape index (κ1) is 11.9. The summed E-state index contributed by atoms with van der Waals surface area (Å²) in [6.07, 6.45) is 1.59. The first-order valence-electron chi connectivity index (χ1n) is 5.71. The lowest BCUT2D eigenvalue weighted by Gasteiger charge is -2.37. The van der Waals surface area contributed by atoms with Crippen molar-refractivity contribution in [3.05, 3.63) is 17.8 Å². The molecule has 1 aromatic heterocycles. The fourth-order valence-electron chi connectivity index (χ4n) is 2.07. The summed E-state index contributed by atoms with van der Waals surface area (Å²) in [5, 5.41) is 3.20. The van der Waals surface area contributed by atoms with Crippen LogP contribution in [0.1, 0.15) is 19.4 Å². The van der Waals surface area contributed by atoms with Crippen LogP contribution in [0.5, 0.6) is 0 Å². The minimum atomic E-state index is -0.534. The predicted octanol–water partition coefficient (Wildman–Crippen LogP) is 0.687. The molecule has 1 fully saturated rings. The summed E-state index contributed by atoms with van der Waals surface area (Å²) in [6, 6.07) is 1.84. The van der Waals surface area contributed by atoms with Crippen LogP contribution in [-0.4, -0.2) is 29.5 Å². The zero-order valence-electron chi connectivity index (χ0n) is 10.4. The molecule has 5 heteroatoms. The summed E-state index contributed by atoms with van der Waals surface area (Å²) < 4.78 is 0. The van der Waals surface area contributed by atoms with E-state index in [1.165, 1.54) is 0 Å². The maximum Gasteiger partial charge on any atom is 0.247 e. The number of nitrogens with zero attached hydrogens (tertiary/aromatic N) is 2. The number of piperazine rings is 1. The number of rotatable bonds is 1. The third-order valence-electron chi connectivity index (χ3n) is 3.01. The molecule has 0 saturated carbocycles. The molecular formula is C12H18N4O. The Hall–Kier alpha value is -1.62.